The van der Waals surface area contributed by atoms with Gasteiger partial charge < -0.3 is 10.1 Å². The summed E-state index contributed by atoms with van der Waals surface area (Å²) in [5, 5.41) is 10.0. The molecule has 13 heteroatoms. The number of carbonyl (C=O) groups is 2. The third kappa shape index (κ3) is 4.60. The molecule has 3 aromatic rings. The van der Waals surface area contributed by atoms with Gasteiger partial charge in [-0.3, -0.25) is 14.8 Å². The van der Waals surface area contributed by atoms with Crippen molar-refractivity contribution in [2.24, 2.45) is 5.14 Å². The molecule has 1 aliphatic heterocycles. The monoisotopic (exact) mass is 527 g/mol. The minimum Gasteiger partial charge on any atom is -0.442 e. The van der Waals surface area contributed by atoms with Crippen molar-refractivity contribution in [1.29, 1.82) is 0 Å². The minimum atomic E-state index is -3.81. The molecule has 0 saturated heterocycles. The van der Waals surface area contributed by atoms with Gasteiger partial charge in [-0.05, 0) is 63.9 Å². The second-order valence-electron chi connectivity index (χ2n) is 10.4. The number of hydrogen-bond acceptors (Lipinski definition) is 8. The topological polar surface area (TPSA) is 162 Å². The van der Waals surface area contributed by atoms with E-state index in [2.05, 4.69) is 15.7 Å². The Morgan fingerprint density at radius 3 is 2.46 bits per heavy atom. The van der Waals surface area contributed by atoms with Crippen LogP contribution in [-0.4, -0.2) is 40.6 Å². The van der Waals surface area contributed by atoms with E-state index < -0.39 is 27.3 Å². The number of nitrogens with one attached hydrogen (secondary N) is 2. The molecule has 0 atom stereocenters. The van der Waals surface area contributed by atoms with E-state index in [0.717, 1.165) is 24.3 Å². The maximum absolute atomic E-state index is 13.5. The predicted octanol–water partition coefficient (Wildman–Crippen LogP) is 3.27. The number of benzene rings is 1. The van der Waals surface area contributed by atoms with Crippen LogP contribution in [0.3, 0.4) is 0 Å². The van der Waals surface area contributed by atoms with E-state index in [1.807, 2.05) is 4.57 Å². The van der Waals surface area contributed by atoms with Crippen LogP contribution in [0.25, 0.3) is 11.0 Å². The van der Waals surface area contributed by atoms with Gasteiger partial charge in [0.2, 0.25) is 16.0 Å². The molecule has 4 N–H and O–H groups in total. The molecule has 1 fully saturated rings. The summed E-state index contributed by atoms with van der Waals surface area (Å²) in [7, 11) is -3.81. The standard InChI is InChI=1S/C24H29N7O5S/c1-23(2,3)36-22(33)31-18-13-15-14-26-21(27-16-7-9-17(10-8-16)37(25,34)35)28-19(15)30(18)24(20(32)29-31)11-5-4-6-12-24/h7-10,13-14H,4-6,11-12H2,1-3H3,(H,29,32)(H2,25,34,35)(H,26,27,28). The van der Waals surface area contributed by atoms with Crippen molar-refractivity contribution < 1.29 is 22.7 Å². The molecule has 12 nitrogen and oxygen atoms in total. The highest BCUT2D eigenvalue weighted by Gasteiger charge is 2.49. The normalized spacial score (nSPS) is 17.4. The number of hydrogen-bond donors (Lipinski definition) is 3. The van der Waals surface area contributed by atoms with Gasteiger partial charge in [0.25, 0.3) is 5.91 Å². The minimum absolute atomic E-state index is 0.0115. The number of amides is 2. The predicted molar refractivity (Wildman–Crippen MR) is 137 cm³/mol. The Morgan fingerprint density at radius 1 is 1.16 bits per heavy atom. The molecule has 1 saturated carbocycles. The fraction of sp³-hybridized carbons (Fsp3) is 0.417. The fourth-order valence-electron chi connectivity index (χ4n) is 4.88. The van der Waals surface area contributed by atoms with Crippen LogP contribution in [0, 0.1) is 0 Å². The molecule has 2 amide bonds. The first-order chi connectivity index (χ1) is 17.4. The van der Waals surface area contributed by atoms with Crippen molar-refractivity contribution in [2.45, 2.75) is 68.9 Å². The molecule has 5 rings (SSSR count). The number of ether oxygens (including phenoxy) is 1. The third-order valence-corrected chi connectivity index (χ3v) is 7.44. The Hall–Kier alpha value is -3.71. The zero-order valence-electron chi connectivity index (χ0n) is 20.8. The maximum atomic E-state index is 13.5. The molecule has 0 bridgehead atoms. The number of rotatable bonds is 3. The molecular weight excluding hydrogens is 498 g/mol. The van der Waals surface area contributed by atoms with Crippen molar-refractivity contribution in [2.75, 3.05) is 10.3 Å². The number of hydrazine groups is 1. The molecule has 1 spiro atoms. The van der Waals surface area contributed by atoms with Crippen LogP contribution in [0.5, 0.6) is 0 Å². The molecule has 0 radical (unpaired) electrons. The van der Waals surface area contributed by atoms with Gasteiger partial charge in [0.05, 0.1) is 4.90 Å². The first-order valence-electron chi connectivity index (χ1n) is 12.0. The molecule has 1 aliphatic carbocycles. The summed E-state index contributed by atoms with van der Waals surface area (Å²) in [4.78, 5) is 35.7. The number of fused-ring (bicyclic) bond motifs is 4. The Morgan fingerprint density at radius 2 is 1.84 bits per heavy atom. The fourth-order valence-corrected chi connectivity index (χ4v) is 5.39. The van der Waals surface area contributed by atoms with E-state index in [0.29, 0.717) is 35.4 Å². The van der Waals surface area contributed by atoms with E-state index >= 15 is 0 Å². The van der Waals surface area contributed by atoms with Crippen LogP contribution in [-0.2, 0) is 25.1 Å². The first kappa shape index (κ1) is 25.0. The Balaban J connectivity index is 1.59. The lowest BCUT2D eigenvalue weighted by molar-refractivity contribution is -0.133. The zero-order chi connectivity index (χ0) is 26.6. The van der Waals surface area contributed by atoms with E-state index in [9.17, 15) is 18.0 Å². The Kier molecular flexibility index (Phi) is 5.87. The molecule has 0 unspecified atom stereocenters. The zero-order valence-corrected chi connectivity index (χ0v) is 21.6. The van der Waals surface area contributed by atoms with Gasteiger partial charge in [-0.1, -0.05) is 19.3 Å². The number of aromatic nitrogens is 3. The molecule has 3 heterocycles. The lowest BCUT2D eigenvalue weighted by Crippen LogP contribution is -2.62. The van der Waals surface area contributed by atoms with Crippen LogP contribution in [0.15, 0.2) is 41.4 Å². The molecule has 37 heavy (non-hydrogen) atoms. The van der Waals surface area contributed by atoms with E-state index in [-0.39, 0.29) is 16.8 Å². The number of nitrogens with two attached hydrogens (primary N) is 1. The lowest BCUT2D eigenvalue weighted by atomic mass is 9.80. The molecule has 1 aromatic carbocycles. The number of nitrogens with zero attached hydrogens (tertiary/aromatic N) is 4. The largest absolute Gasteiger partial charge is 0.442 e. The second-order valence-corrected chi connectivity index (χ2v) is 11.9. The van der Waals surface area contributed by atoms with E-state index in [1.54, 1.807) is 45.2 Å². The number of primary sulfonamides is 1. The summed E-state index contributed by atoms with van der Waals surface area (Å²) >= 11 is 0. The van der Waals surface area contributed by atoms with E-state index in [1.165, 1.54) is 12.1 Å². The highest BCUT2D eigenvalue weighted by Crippen LogP contribution is 2.44. The number of carbonyl (C=O) groups excluding carboxylic acids is 2. The van der Waals surface area contributed by atoms with Gasteiger partial charge >= 0.3 is 6.09 Å². The van der Waals surface area contributed by atoms with Crippen molar-refractivity contribution in [3.63, 3.8) is 0 Å². The van der Waals surface area contributed by atoms with Crippen molar-refractivity contribution in [1.82, 2.24) is 20.0 Å². The van der Waals surface area contributed by atoms with Crippen molar-refractivity contribution in [3.8, 4) is 0 Å². The van der Waals surface area contributed by atoms with Crippen LogP contribution in [0.1, 0.15) is 52.9 Å². The summed E-state index contributed by atoms with van der Waals surface area (Å²) < 4.78 is 30.5. The quantitative estimate of drug-likeness (QED) is 0.467. The van der Waals surface area contributed by atoms with Gasteiger partial charge in [-0.2, -0.15) is 9.99 Å². The summed E-state index contributed by atoms with van der Waals surface area (Å²) in [5.74, 6) is 0.419. The Bertz CT molecular complexity index is 1490. The first-order valence-corrected chi connectivity index (χ1v) is 13.6. The second kappa shape index (κ2) is 8.70. The number of sulfonamides is 1. The van der Waals surface area contributed by atoms with Gasteiger partial charge in [0.1, 0.15) is 22.6 Å². The van der Waals surface area contributed by atoms with Crippen LogP contribution in [0.4, 0.5) is 22.2 Å². The summed E-state index contributed by atoms with van der Waals surface area (Å²) in [6, 6.07) is 7.65. The SMILES string of the molecule is CC(C)(C)OC(=O)N1NC(=O)C2(CCCCC2)n2c1cc1cnc(Nc3ccc(S(N)(=O)=O)cc3)nc12. The van der Waals surface area contributed by atoms with Gasteiger partial charge in [0, 0.05) is 17.3 Å². The average Bonchev–Trinajstić information content (AvgIpc) is 3.20. The average molecular weight is 528 g/mol. The smallest absolute Gasteiger partial charge is 0.435 e. The van der Waals surface area contributed by atoms with Crippen LogP contribution >= 0.6 is 0 Å². The Labute approximate surface area is 214 Å². The van der Waals surface area contributed by atoms with Crippen LogP contribution < -0.4 is 20.9 Å². The van der Waals surface area contributed by atoms with E-state index in [4.69, 9.17) is 14.9 Å². The maximum Gasteiger partial charge on any atom is 0.435 e. The summed E-state index contributed by atoms with van der Waals surface area (Å²) in [6.07, 6.45) is 4.89. The third-order valence-electron chi connectivity index (χ3n) is 6.51. The molecule has 2 aliphatic rings. The summed E-state index contributed by atoms with van der Waals surface area (Å²) in [5.41, 5.74) is 2.17. The highest BCUT2D eigenvalue weighted by atomic mass is 32.2. The molecule has 2 aromatic heterocycles. The van der Waals surface area contributed by atoms with Crippen molar-refractivity contribution in [3.05, 3.63) is 36.5 Å². The van der Waals surface area contributed by atoms with Gasteiger partial charge in [-0.25, -0.2) is 23.3 Å². The highest BCUT2D eigenvalue weighted by molar-refractivity contribution is 7.89. The lowest BCUT2D eigenvalue weighted by Gasteiger charge is -2.44. The van der Waals surface area contributed by atoms with Crippen LogP contribution in [0.2, 0.25) is 0 Å². The van der Waals surface area contributed by atoms with Gasteiger partial charge in [0.15, 0.2) is 0 Å². The van der Waals surface area contributed by atoms with Gasteiger partial charge in [-0.15, -0.1) is 0 Å². The summed E-state index contributed by atoms with van der Waals surface area (Å²) in [6.45, 7) is 5.27. The molecular formula is C24H29N7O5S. The van der Waals surface area contributed by atoms with Crippen molar-refractivity contribution >= 4 is 50.5 Å². The number of anilines is 3. The molecule has 196 valence electrons.